The molecule has 5 atom stereocenters. The summed E-state index contributed by atoms with van der Waals surface area (Å²) in [6.45, 7) is 4.71. The molecule has 0 heterocycles. The highest BCUT2D eigenvalue weighted by atomic mass is 16.4. The van der Waals surface area contributed by atoms with Gasteiger partial charge < -0.3 is 37.6 Å². The molecule has 4 amide bonds. The highest BCUT2D eigenvalue weighted by Gasteiger charge is 2.30. The molecular weight excluding hydrogens is 414 g/mol. The van der Waals surface area contributed by atoms with E-state index < -0.39 is 72.6 Å². The zero-order valence-corrected chi connectivity index (χ0v) is 17.7. The van der Waals surface area contributed by atoms with Crippen molar-refractivity contribution in [3.05, 3.63) is 0 Å². The summed E-state index contributed by atoms with van der Waals surface area (Å²) in [4.78, 5) is 70.0. The first-order valence-corrected chi connectivity index (χ1v) is 9.69. The highest BCUT2D eigenvalue weighted by Crippen LogP contribution is 2.08. The zero-order chi connectivity index (χ0) is 24.3. The third kappa shape index (κ3) is 10.4. The fourth-order valence-electron chi connectivity index (χ4n) is 2.47. The molecular formula is C18H31N5O8. The smallest absolute Gasteiger partial charge is 0.326 e. The Kier molecular flexibility index (Phi) is 11.8. The van der Waals surface area contributed by atoms with Crippen LogP contribution < -0.4 is 27.4 Å². The molecule has 5 unspecified atom stereocenters. The number of nitrogens with two attached hydrogens (primary N) is 2. The third-order valence-corrected chi connectivity index (χ3v) is 4.57. The minimum absolute atomic E-state index is 0.310. The Morgan fingerprint density at radius 1 is 0.903 bits per heavy atom. The van der Waals surface area contributed by atoms with E-state index in [0.717, 1.165) is 0 Å². The first-order valence-electron chi connectivity index (χ1n) is 9.69. The molecule has 0 spiro atoms. The van der Waals surface area contributed by atoms with Crippen molar-refractivity contribution in [1.29, 1.82) is 0 Å². The van der Waals surface area contributed by atoms with E-state index in [1.807, 2.05) is 0 Å². The number of nitrogens with one attached hydrogen (secondary N) is 3. The predicted octanol–water partition coefficient (Wildman–Crippen LogP) is -2.34. The van der Waals surface area contributed by atoms with Crippen molar-refractivity contribution in [3.63, 3.8) is 0 Å². The number of rotatable bonds is 14. The lowest BCUT2D eigenvalue weighted by Crippen LogP contribution is -2.57. The van der Waals surface area contributed by atoms with Gasteiger partial charge in [-0.25, -0.2) is 4.79 Å². The number of primary amides is 1. The molecule has 0 radical (unpaired) electrons. The van der Waals surface area contributed by atoms with Crippen molar-refractivity contribution in [1.82, 2.24) is 16.0 Å². The van der Waals surface area contributed by atoms with Gasteiger partial charge in [0.1, 0.15) is 18.1 Å². The van der Waals surface area contributed by atoms with Gasteiger partial charge in [-0.1, -0.05) is 20.3 Å². The fraction of sp³-hybridized carbons (Fsp3) is 0.667. The van der Waals surface area contributed by atoms with Crippen molar-refractivity contribution < 1.29 is 39.0 Å². The van der Waals surface area contributed by atoms with E-state index in [-0.39, 0.29) is 12.3 Å². The standard InChI is InChI=1S/C18H31N5O8/c1-4-8(2)14(18(30)31)23-15(27)9(3)21-17(29)11(5-6-13(25)26)22-16(28)10(19)7-12(20)24/h8-11,14H,4-7,19H2,1-3H3,(H2,20,24)(H,21,29)(H,22,28)(H,23,27)(H,25,26)(H,30,31). The van der Waals surface area contributed by atoms with Crippen molar-refractivity contribution in [2.75, 3.05) is 0 Å². The minimum atomic E-state index is -1.36. The molecule has 0 aromatic carbocycles. The Balaban J connectivity index is 5.19. The number of carbonyl (C=O) groups excluding carboxylic acids is 4. The summed E-state index contributed by atoms with van der Waals surface area (Å²) in [5.74, 6) is -6.20. The van der Waals surface area contributed by atoms with Gasteiger partial charge in [0.05, 0.1) is 12.5 Å². The maximum atomic E-state index is 12.5. The lowest BCUT2D eigenvalue weighted by Gasteiger charge is -2.24. The molecule has 9 N–H and O–H groups in total. The monoisotopic (exact) mass is 445 g/mol. The summed E-state index contributed by atoms with van der Waals surface area (Å²) in [5, 5.41) is 25.0. The van der Waals surface area contributed by atoms with Crippen LogP contribution >= 0.6 is 0 Å². The van der Waals surface area contributed by atoms with E-state index in [1.54, 1.807) is 13.8 Å². The number of hydrogen-bond acceptors (Lipinski definition) is 7. The van der Waals surface area contributed by atoms with Gasteiger partial charge in [0.2, 0.25) is 23.6 Å². The average molecular weight is 445 g/mol. The van der Waals surface area contributed by atoms with Crippen LogP contribution in [0.3, 0.4) is 0 Å². The molecule has 0 rings (SSSR count). The molecule has 0 aliphatic heterocycles. The van der Waals surface area contributed by atoms with E-state index in [2.05, 4.69) is 16.0 Å². The van der Waals surface area contributed by atoms with Gasteiger partial charge >= 0.3 is 11.9 Å². The van der Waals surface area contributed by atoms with Crippen LogP contribution in [0.2, 0.25) is 0 Å². The maximum absolute atomic E-state index is 12.5. The first kappa shape index (κ1) is 27.8. The Labute approximate surface area is 179 Å². The number of carbonyl (C=O) groups is 6. The molecule has 0 saturated heterocycles. The average Bonchev–Trinajstić information content (AvgIpc) is 2.66. The van der Waals surface area contributed by atoms with Crippen LogP contribution in [0.4, 0.5) is 0 Å². The first-order chi connectivity index (χ1) is 14.3. The minimum Gasteiger partial charge on any atom is -0.481 e. The largest absolute Gasteiger partial charge is 0.481 e. The number of carboxylic acids is 2. The molecule has 13 heteroatoms. The molecule has 0 aromatic heterocycles. The fourth-order valence-corrected chi connectivity index (χ4v) is 2.47. The van der Waals surface area contributed by atoms with Gasteiger partial charge in [-0.3, -0.25) is 24.0 Å². The normalized spacial score (nSPS) is 15.5. The van der Waals surface area contributed by atoms with Gasteiger partial charge in [-0.05, 0) is 19.3 Å². The van der Waals surface area contributed by atoms with Crippen LogP contribution in [-0.4, -0.2) is 69.9 Å². The lowest BCUT2D eigenvalue weighted by molar-refractivity contribution is -0.143. The molecule has 0 fully saturated rings. The number of amides is 4. The van der Waals surface area contributed by atoms with Crippen molar-refractivity contribution >= 4 is 35.6 Å². The Morgan fingerprint density at radius 3 is 1.94 bits per heavy atom. The molecule has 0 aliphatic carbocycles. The summed E-state index contributed by atoms with van der Waals surface area (Å²) in [7, 11) is 0. The highest BCUT2D eigenvalue weighted by molar-refractivity contribution is 5.95. The Hall–Kier alpha value is -3.22. The Bertz CT molecular complexity index is 698. The number of hydrogen-bond donors (Lipinski definition) is 7. The number of carboxylic acid groups (broad SMARTS) is 2. The third-order valence-electron chi connectivity index (χ3n) is 4.57. The van der Waals surface area contributed by atoms with Crippen LogP contribution in [0.15, 0.2) is 0 Å². The molecule has 176 valence electrons. The van der Waals surface area contributed by atoms with Crippen LogP contribution in [0.5, 0.6) is 0 Å². The van der Waals surface area contributed by atoms with Crippen LogP contribution in [0, 0.1) is 5.92 Å². The van der Waals surface area contributed by atoms with E-state index in [0.29, 0.717) is 6.42 Å². The van der Waals surface area contributed by atoms with E-state index in [1.165, 1.54) is 6.92 Å². The summed E-state index contributed by atoms with van der Waals surface area (Å²) in [6.07, 6.45) is -0.773. The summed E-state index contributed by atoms with van der Waals surface area (Å²) < 4.78 is 0. The second-order valence-corrected chi connectivity index (χ2v) is 7.21. The molecule has 0 bridgehead atoms. The second-order valence-electron chi connectivity index (χ2n) is 7.21. The SMILES string of the molecule is CCC(C)C(NC(=O)C(C)NC(=O)C(CCC(=O)O)NC(=O)C(N)CC(N)=O)C(=O)O. The van der Waals surface area contributed by atoms with Gasteiger partial charge in [0.25, 0.3) is 0 Å². The summed E-state index contributed by atoms with van der Waals surface area (Å²) in [5.41, 5.74) is 10.5. The topological polar surface area (TPSA) is 231 Å². The van der Waals surface area contributed by atoms with Crippen LogP contribution in [-0.2, 0) is 28.8 Å². The van der Waals surface area contributed by atoms with Gasteiger partial charge in [0, 0.05) is 6.42 Å². The van der Waals surface area contributed by atoms with E-state index >= 15 is 0 Å². The molecule has 31 heavy (non-hydrogen) atoms. The van der Waals surface area contributed by atoms with Crippen molar-refractivity contribution in [2.45, 2.75) is 70.6 Å². The van der Waals surface area contributed by atoms with E-state index in [4.69, 9.17) is 16.6 Å². The van der Waals surface area contributed by atoms with Gasteiger partial charge in [0.15, 0.2) is 0 Å². The number of aliphatic carboxylic acids is 2. The van der Waals surface area contributed by atoms with Crippen LogP contribution in [0.25, 0.3) is 0 Å². The quantitative estimate of drug-likeness (QED) is 0.151. The van der Waals surface area contributed by atoms with Crippen molar-refractivity contribution in [2.24, 2.45) is 17.4 Å². The second kappa shape index (κ2) is 13.2. The van der Waals surface area contributed by atoms with Crippen LogP contribution in [0.1, 0.15) is 46.5 Å². The van der Waals surface area contributed by atoms with Crippen molar-refractivity contribution in [3.8, 4) is 0 Å². The predicted molar refractivity (Wildman–Crippen MR) is 107 cm³/mol. The lowest BCUT2D eigenvalue weighted by atomic mass is 9.99. The Morgan fingerprint density at radius 2 is 1.48 bits per heavy atom. The maximum Gasteiger partial charge on any atom is 0.326 e. The van der Waals surface area contributed by atoms with Gasteiger partial charge in [-0.2, -0.15) is 0 Å². The summed E-state index contributed by atoms with van der Waals surface area (Å²) >= 11 is 0. The molecule has 0 saturated carbocycles. The molecule has 13 nitrogen and oxygen atoms in total. The molecule has 0 aromatic rings. The van der Waals surface area contributed by atoms with Gasteiger partial charge in [-0.15, -0.1) is 0 Å². The van der Waals surface area contributed by atoms with E-state index in [9.17, 15) is 33.9 Å². The summed E-state index contributed by atoms with van der Waals surface area (Å²) in [6, 6.07) is -5.04. The zero-order valence-electron chi connectivity index (χ0n) is 17.7. The molecule has 0 aliphatic rings.